The molecule has 1 fully saturated rings. The summed E-state index contributed by atoms with van der Waals surface area (Å²) in [6.07, 6.45) is 5.85. The van der Waals surface area contributed by atoms with Gasteiger partial charge in [0.1, 0.15) is 0 Å². The van der Waals surface area contributed by atoms with Crippen molar-refractivity contribution in [2.24, 2.45) is 0 Å². The van der Waals surface area contributed by atoms with Gasteiger partial charge in [-0.25, -0.2) is 0 Å². The van der Waals surface area contributed by atoms with Crippen molar-refractivity contribution in [3.63, 3.8) is 0 Å². The lowest BCUT2D eigenvalue weighted by atomic mass is 10.2. The molecule has 0 aromatic carbocycles. The highest BCUT2D eigenvalue weighted by molar-refractivity contribution is 7.99. The summed E-state index contributed by atoms with van der Waals surface area (Å²) < 4.78 is 4.90. The summed E-state index contributed by atoms with van der Waals surface area (Å²) in [4.78, 5) is 11.8. The molecule has 0 aromatic rings. The first kappa shape index (κ1) is 14.8. The molecule has 0 bridgehead atoms. The normalized spacial score (nSPS) is 25.8. The fourth-order valence-electron chi connectivity index (χ4n) is 2.22. The second-order valence-corrected chi connectivity index (χ2v) is 5.56. The van der Waals surface area contributed by atoms with Crippen molar-refractivity contribution < 1.29 is 9.53 Å². The number of carbonyl (C=O) groups is 1. The highest BCUT2D eigenvalue weighted by atomic mass is 32.2. The van der Waals surface area contributed by atoms with Crippen molar-refractivity contribution in [2.45, 2.75) is 43.5 Å². The Morgan fingerprint density at radius 1 is 1.53 bits per heavy atom. The Bertz CT molecular complexity index is 239. The number of carbonyl (C=O) groups excluding carboxylic acids is 1. The molecule has 4 nitrogen and oxygen atoms in total. The Morgan fingerprint density at radius 3 is 2.94 bits per heavy atom. The first-order valence-corrected chi connectivity index (χ1v) is 7.53. The molecule has 0 heterocycles. The molecule has 1 amide bonds. The van der Waals surface area contributed by atoms with E-state index < -0.39 is 0 Å². The van der Waals surface area contributed by atoms with Gasteiger partial charge in [0.05, 0.1) is 12.6 Å². The Balaban J connectivity index is 2.27. The number of ether oxygens (including phenoxy) is 1. The quantitative estimate of drug-likeness (QED) is 0.671. The van der Waals surface area contributed by atoms with Gasteiger partial charge in [0.15, 0.2) is 0 Å². The predicted octanol–water partition coefficient (Wildman–Crippen LogP) is 1.01. The van der Waals surface area contributed by atoms with Crippen molar-refractivity contribution in [1.82, 2.24) is 10.6 Å². The van der Waals surface area contributed by atoms with Gasteiger partial charge in [0.2, 0.25) is 5.91 Å². The number of hydrogen-bond acceptors (Lipinski definition) is 4. The Hall–Kier alpha value is -0.260. The van der Waals surface area contributed by atoms with Gasteiger partial charge < -0.3 is 15.4 Å². The number of rotatable bonds is 7. The van der Waals surface area contributed by atoms with E-state index in [1.54, 1.807) is 7.11 Å². The molecule has 100 valence electrons. The topological polar surface area (TPSA) is 50.4 Å². The summed E-state index contributed by atoms with van der Waals surface area (Å²) in [6, 6.07) is 0.359. The average molecular weight is 260 g/mol. The molecule has 17 heavy (non-hydrogen) atoms. The lowest BCUT2D eigenvalue weighted by molar-refractivity contribution is -0.123. The Morgan fingerprint density at radius 2 is 2.29 bits per heavy atom. The molecule has 0 aromatic heterocycles. The van der Waals surface area contributed by atoms with Crippen LogP contribution in [0, 0.1) is 0 Å². The number of hydrogen-bond donors (Lipinski definition) is 2. The molecule has 5 heteroatoms. The zero-order valence-corrected chi connectivity index (χ0v) is 11.8. The molecule has 0 spiro atoms. The third kappa shape index (κ3) is 4.85. The highest BCUT2D eigenvalue weighted by Crippen LogP contribution is 2.28. The minimum absolute atomic E-state index is 0.0637. The van der Waals surface area contributed by atoms with E-state index in [9.17, 15) is 4.79 Å². The molecule has 0 aliphatic heterocycles. The van der Waals surface area contributed by atoms with Crippen LogP contribution in [0.2, 0.25) is 0 Å². The number of methoxy groups -OCH3 is 1. The van der Waals surface area contributed by atoms with Crippen molar-refractivity contribution in [3.8, 4) is 0 Å². The smallest absolute Gasteiger partial charge is 0.236 e. The monoisotopic (exact) mass is 260 g/mol. The summed E-state index contributed by atoms with van der Waals surface area (Å²) in [6.45, 7) is 3.07. The summed E-state index contributed by atoms with van der Waals surface area (Å²) in [7, 11) is 1.63. The van der Waals surface area contributed by atoms with E-state index in [0.29, 0.717) is 24.4 Å². The van der Waals surface area contributed by atoms with E-state index in [1.807, 2.05) is 18.7 Å². The first-order chi connectivity index (χ1) is 8.19. The van der Waals surface area contributed by atoms with Crippen LogP contribution >= 0.6 is 11.8 Å². The van der Waals surface area contributed by atoms with Gasteiger partial charge in [-0.1, -0.05) is 6.42 Å². The molecule has 0 radical (unpaired) electrons. The van der Waals surface area contributed by atoms with Crippen LogP contribution in [-0.2, 0) is 9.53 Å². The minimum Gasteiger partial charge on any atom is -0.383 e. The number of nitrogens with one attached hydrogen (secondary N) is 2. The zero-order chi connectivity index (χ0) is 12.7. The molecular formula is C12H24N2O2S. The Kier molecular flexibility index (Phi) is 6.92. The summed E-state index contributed by atoms with van der Waals surface area (Å²) >= 11 is 1.90. The molecule has 3 atom stereocenters. The predicted molar refractivity (Wildman–Crippen MR) is 72.4 cm³/mol. The van der Waals surface area contributed by atoms with Gasteiger partial charge in [-0.05, 0) is 26.0 Å². The zero-order valence-electron chi connectivity index (χ0n) is 11.0. The van der Waals surface area contributed by atoms with E-state index in [1.165, 1.54) is 19.3 Å². The van der Waals surface area contributed by atoms with Crippen LogP contribution in [0.4, 0.5) is 0 Å². The molecule has 1 rings (SSSR count). The SMILES string of the molecule is COCCNC(=O)C(C)NC1CCCC1SC. The summed E-state index contributed by atoms with van der Waals surface area (Å²) in [5.41, 5.74) is 0. The van der Waals surface area contributed by atoms with Crippen molar-refractivity contribution in [2.75, 3.05) is 26.5 Å². The van der Waals surface area contributed by atoms with Crippen molar-refractivity contribution >= 4 is 17.7 Å². The third-order valence-corrected chi connectivity index (χ3v) is 4.39. The molecule has 2 N–H and O–H groups in total. The van der Waals surface area contributed by atoms with Gasteiger partial charge in [-0.3, -0.25) is 4.79 Å². The van der Waals surface area contributed by atoms with Crippen LogP contribution < -0.4 is 10.6 Å². The van der Waals surface area contributed by atoms with Gasteiger partial charge in [0.25, 0.3) is 0 Å². The Labute approximate surface area is 108 Å². The van der Waals surface area contributed by atoms with Crippen molar-refractivity contribution in [1.29, 1.82) is 0 Å². The minimum atomic E-state index is -0.121. The lowest BCUT2D eigenvalue weighted by Gasteiger charge is -2.23. The molecule has 1 aliphatic rings. The van der Waals surface area contributed by atoms with Gasteiger partial charge in [-0.2, -0.15) is 11.8 Å². The fourth-order valence-corrected chi connectivity index (χ4v) is 3.17. The van der Waals surface area contributed by atoms with Gasteiger partial charge >= 0.3 is 0 Å². The van der Waals surface area contributed by atoms with Crippen LogP contribution in [0.3, 0.4) is 0 Å². The fraction of sp³-hybridized carbons (Fsp3) is 0.917. The van der Waals surface area contributed by atoms with E-state index in [4.69, 9.17) is 4.74 Å². The standard InChI is InChI=1S/C12H24N2O2S/c1-9(12(15)13-7-8-16-2)14-10-5-4-6-11(10)17-3/h9-11,14H,4-8H2,1-3H3,(H,13,15). The van der Waals surface area contributed by atoms with Crippen LogP contribution in [0.15, 0.2) is 0 Å². The molecule has 3 unspecified atom stereocenters. The second kappa shape index (κ2) is 7.95. The first-order valence-electron chi connectivity index (χ1n) is 6.24. The van der Waals surface area contributed by atoms with Crippen LogP contribution in [0.5, 0.6) is 0 Å². The van der Waals surface area contributed by atoms with Crippen LogP contribution in [0.1, 0.15) is 26.2 Å². The maximum absolute atomic E-state index is 11.8. The van der Waals surface area contributed by atoms with E-state index in [0.717, 1.165) is 0 Å². The third-order valence-electron chi connectivity index (χ3n) is 3.22. The van der Waals surface area contributed by atoms with Crippen LogP contribution in [-0.4, -0.2) is 49.8 Å². The second-order valence-electron chi connectivity index (χ2n) is 4.48. The van der Waals surface area contributed by atoms with E-state index in [2.05, 4.69) is 16.9 Å². The highest BCUT2D eigenvalue weighted by Gasteiger charge is 2.28. The van der Waals surface area contributed by atoms with E-state index >= 15 is 0 Å². The van der Waals surface area contributed by atoms with Crippen molar-refractivity contribution in [3.05, 3.63) is 0 Å². The molecule has 0 saturated heterocycles. The average Bonchev–Trinajstić information content (AvgIpc) is 2.76. The number of thioether (sulfide) groups is 1. The summed E-state index contributed by atoms with van der Waals surface area (Å²) in [5, 5.41) is 6.95. The van der Waals surface area contributed by atoms with Gasteiger partial charge in [-0.15, -0.1) is 0 Å². The molecule has 1 aliphatic carbocycles. The maximum atomic E-state index is 11.8. The number of amides is 1. The molecule has 1 saturated carbocycles. The van der Waals surface area contributed by atoms with E-state index in [-0.39, 0.29) is 11.9 Å². The molecular weight excluding hydrogens is 236 g/mol. The maximum Gasteiger partial charge on any atom is 0.236 e. The van der Waals surface area contributed by atoms with Gasteiger partial charge in [0, 0.05) is 24.9 Å². The van der Waals surface area contributed by atoms with Crippen LogP contribution in [0.25, 0.3) is 0 Å². The largest absolute Gasteiger partial charge is 0.383 e. The lowest BCUT2D eigenvalue weighted by Crippen LogP contribution is -2.48. The summed E-state index contributed by atoms with van der Waals surface area (Å²) in [5.74, 6) is 0.0637.